The lowest BCUT2D eigenvalue weighted by Crippen LogP contribution is -2.29. The van der Waals surface area contributed by atoms with E-state index in [4.69, 9.17) is 23.8 Å². The van der Waals surface area contributed by atoms with Crippen molar-refractivity contribution in [3.8, 4) is 16.9 Å². The van der Waals surface area contributed by atoms with Crippen molar-refractivity contribution >= 4 is 29.6 Å². The quantitative estimate of drug-likeness (QED) is 0.509. The first kappa shape index (κ1) is 20.0. The molecule has 0 aliphatic carbocycles. The third-order valence-electron chi connectivity index (χ3n) is 5.13. The maximum atomic E-state index is 13.4. The molecule has 150 valence electrons. The number of carbonyl (C=O) groups is 1. The van der Waals surface area contributed by atoms with Gasteiger partial charge in [-0.1, -0.05) is 11.6 Å². The van der Waals surface area contributed by atoms with Gasteiger partial charge in [0.2, 0.25) is 0 Å². The van der Waals surface area contributed by atoms with Crippen LogP contribution in [0.15, 0.2) is 54.7 Å². The van der Waals surface area contributed by atoms with Crippen molar-refractivity contribution in [2.24, 2.45) is 0 Å². The van der Waals surface area contributed by atoms with Crippen molar-refractivity contribution < 1.29 is 9.18 Å². The van der Waals surface area contributed by atoms with Gasteiger partial charge in [0.1, 0.15) is 5.82 Å². The second-order valence-corrected chi connectivity index (χ2v) is 8.07. The number of aromatic nitrogens is 2. The first-order valence-electron chi connectivity index (χ1n) is 9.59. The van der Waals surface area contributed by atoms with Crippen LogP contribution in [-0.4, -0.2) is 39.5 Å². The highest BCUT2D eigenvalue weighted by Gasteiger charge is 2.18. The summed E-state index contributed by atoms with van der Waals surface area (Å²) in [6, 6.07) is 13.6. The summed E-state index contributed by atoms with van der Waals surface area (Å²) < 4.78 is 17.6. The Bertz CT molecular complexity index is 1070. The number of likely N-dealkylation sites (tertiary alicyclic amines) is 1. The van der Waals surface area contributed by atoms with Crippen LogP contribution in [0.4, 0.5) is 4.39 Å². The predicted octanol–water partition coefficient (Wildman–Crippen LogP) is 5.13. The highest BCUT2D eigenvalue weighted by atomic mass is 35.5. The van der Waals surface area contributed by atoms with Crippen molar-refractivity contribution in [3.63, 3.8) is 0 Å². The van der Waals surface area contributed by atoms with Gasteiger partial charge in [0, 0.05) is 22.5 Å². The normalized spacial score (nSPS) is 14.4. The third-order valence-corrected chi connectivity index (χ3v) is 5.80. The highest BCUT2D eigenvalue weighted by molar-refractivity contribution is 7.71. The zero-order valence-electron chi connectivity index (χ0n) is 15.9. The van der Waals surface area contributed by atoms with E-state index in [0.29, 0.717) is 16.3 Å². The summed E-state index contributed by atoms with van der Waals surface area (Å²) in [4.78, 5) is 14.8. The van der Waals surface area contributed by atoms with E-state index >= 15 is 0 Å². The number of imidazole rings is 1. The van der Waals surface area contributed by atoms with Gasteiger partial charge in [-0.05, 0) is 86.7 Å². The summed E-state index contributed by atoms with van der Waals surface area (Å²) in [5.41, 5.74) is 2.45. The summed E-state index contributed by atoms with van der Waals surface area (Å²) in [5.74, 6) is -0.174. The van der Waals surface area contributed by atoms with E-state index in [-0.39, 0.29) is 18.1 Å². The number of benzene rings is 2. The van der Waals surface area contributed by atoms with E-state index in [2.05, 4.69) is 4.90 Å². The van der Waals surface area contributed by atoms with Crippen LogP contribution in [0.2, 0.25) is 5.02 Å². The van der Waals surface area contributed by atoms with Gasteiger partial charge in [0.25, 0.3) is 0 Å². The molecule has 0 saturated carbocycles. The first-order chi connectivity index (χ1) is 14.0. The molecule has 29 heavy (non-hydrogen) atoms. The monoisotopic (exact) mass is 429 g/mol. The molecule has 1 fully saturated rings. The molecule has 7 heteroatoms. The molecular formula is C22H21ClFN3OS. The van der Waals surface area contributed by atoms with Crippen molar-refractivity contribution in [3.05, 3.63) is 70.3 Å². The van der Waals surface area contributed by atoms with E-state index in [9.17, 15) is 9.18 Å². The van der Waals surface area contributed by atoms with Crippen molar-refractivity contribution in [1.82, 2.24) is 14.0 Å². The summed E-state index contributed by atoms with van der Waals surface area (Å²) in [5, 5.41) is 0.629. The SMILES string of the molecule is O=C(CN1CCCC1)Cn1cc(-c2ccc(F)cc2)n(-c2ccc(Cl)cc2)c1=S. The van der Waals surface area contributed by atoms with Crippen LogP contribution in [0.1, 0.15) is 12.8 Å². The molecule has 3 aromatic rings. The lowest BCUT2D eigenvalue weighted by molar-refractivity contribution is -0.120. The molecule has 1 aliphatic heterocycles. The van der Waals surface area contributed by atoms with Gasteiger partial charge in [0.05, 0.1) is 18.8 Å². The van der Waals surface area contributed by atoms with Gasteiger partial charge in [-0.2, -0.15) is 0 Å². The van der Waals surface area contributed by atoms with Crippen LogP contribution in [-0.2, 0) is 11.3 Å². The van der Waals surface area contributed by atoms with Crippen LogP contribution in [0.5, 0.6) is 0 Å². The molecule has 4 rings (SSSR count). The minimum absolute atomic E-state index is 0.127. The fourth-order valence-electron chi connectivity index (χ4n) is 3.70. The van der Waals surface area contributed by atoms with Crippen molar-refractivity contribution in [2.75, 3.05) is 19.6 Å². The number of nitrogens with zero attached hydrogens (tertiary/aromatic N) is 3. The van der Waals surface area contributed by atoms with Crippen LogP contribution >= 0.6 is 23.8 Å². The maximum absolute atomic E-state index is 13.4. The Balaban J connectivity index is 1.71. The summed E-state index contributed by atoms with van der Waals surface area (Å²) >= 11 is 11.7. The molecule has 1 aliphatic rings. The fourth-order valence-corrected chi connectivity index (χ4v) is 4.15. The first-order valence-corrected chi connectivity index (χ1v) is 10.4. The van der Waals surface area contributed by atoms with E-state index in [0.717, 1.165) is 42.9 Å². The smallest absolute Gasteiger partial charge is 0.185 e. The largest absolute Gasteiger partial charge is 0.315 e. The van der Waals surface area contributed by atoms with Crippen LogP contribution in [0.25, 0.3) is 16.9 Å². The lowest BCUT2D eigenvalue weighted by atomic mass is 10.1. The minimum Gasteiger partial charge on any atom is -0.315 e. The van der Waals surface area contributed by atoms with Crippen LogP contribution in [0, 0.1) is 10.6 Å². The van der Waals surface area contributed by atoms with E-state index in [1.165, 1.54) is 12.1 Å². The Kier molecular flexibility index (Phi) is 5.94. The summed E-state index contributed by atoms with van der Waals surface area (Å²) in [6.07, 6.45) is 4.16. The average molecular weight is 430 g/mol. The molecule has 0 N–H and O–H groups in total. The molecule has 0 bridgehead atoms. The maximum Gasteiger partial charge on any atom is 0.185 e. The van der Waals surface area contributed by atoms with Gasteiger partial charge in [-0.3, -0.25) is 14.3 Å². The Morgan fingerprint density at radius 2 is 1.66 bits per heavy atom. The number of ketones is 1. The number of hydrogen-bond acceptors (Lipinski definition) is 3. The van der Waals surface area contributed by atoms with Gasteiger partial charge < -0.3 is 4.57 Å². The summed E-state index contributed by atoms with van der Waals surface area (Å²) in [6.45, 7) is 2.61. The van der Waals surface area contributed by atoms with Gasteiger partial charge >= 0.3 is 0 Å². The molecule has 0 amide bonds. The number of Topliss-reactive ketones (excluding diaryl/α,β-unsaturated/α-hetero) is 1. The van der Waals surface area contributed by atoms with Gasteiger partial charge in [0.15, 0.2) is 10.6 Å². The topological polar surface area (TPSA) is 30.2 Å². The molecule has 0 atom stereocenters. The Labute approximate surface area is 179 Å². The predicted molar refractivity (Wildman–Crippen MR) is 116 cm³/mol. The fraction of sp³-hybridized carbons (Fsp3) is 0.273. The Morgan fingerprint density at radius 3 is 2.31 bits per heavy atom. The summed E-state index contributed by atoms with van der Waals surface area (Å²) in [7, 11) is 0. The zero-order valence-corrected chi connectivity index (χ0v) is 17.4. The highest BCUT2D eigenvalue weighted by Crippen LogP contribution is 2.26. The molecule has 0 spiro atoms. The lowest BCUT2D eigenvalue weighted by Gasteiger charge is -2.13. The van der Waals surface area contributed by atoms with E-state index in [1.54, 1.807) is 28.8 Å². The van der Waals surface area contributed by atoms with Gasteiger partial charge in [-0.25, -0.2) is 4.39 Å². The van der Waals surface area contributed by atoms with Crippen LogP contribution in [0.3, 0.4) is 0 Å². The van der Waals surface area contributed by atoms with Gasteiger partial charge in [-0.15, -0.1) is 0 Å². The van der Waals surface area contributed by atoms with E-state index in [1.807, 2.05) is 22.9 Å². The molecule has 2 heterocycles. The number of rotatable bonds is 6. The second kappa shape index (κ2) is 8.61. The minimum atomic E-state index is -0.300. The molecular weight excluding hydrogens is 409 g/mol. The van der Waals surface area contributed by atoms with Crippen LogP contribution < -0.4 is 0 Å². The number of hydrogen-bond donors (Lipinski definition) is 0. The Hall–Kier alpha value is -2.28. The molecule has 0 radical (unpaired) electrons. The molecule has 1 aromatic heterocycles. The number of halogens is 2. The Morgan fingerprint density at radius 1 is 1.00 bits per heavy atom. The van der Waals surface area contributed by atoms with E-state index < -0.39 is 0 Å². The van der Waals surface area contributed by atoms with Crippen molar-refractivity contribution in [2.45, 2.75) is 19.4 Å². The van der Waals surface area contributed by atoms with Crippen molar-refractivity contribution in [1.29, 1.82) is 0 Å². The third kappa shape index (κ3) is 4.50. The molecule has 0 unspecified atom stereocenters. The molecule has 4 nitrogen and oxygen atoms in total. The molecule has 1 saturated heterocycles. The zero-order chi connectivity index (χ0) is 20.4. The average Bonchev–Trinajstić information content (AvgIpc) is 3.32. The molecule has 2 aromatic carbocycles. The standard InChI is InChI=1S/C22H21ClFN3OS/c23-17-5-9-19(10-6-17)27-21(16-3-7-18(24)8-4-16)15-26(22(27)29)14-20(28)13-25-11-1-2-12-25/h3-10,15H,1-2,11-14H2. The number of carbonyl (C=O) groups excluding carboxylic acids is 1. The second-order valence-electron chi connectivity index (χ2n) is 7.27.